The Labute approximate surface area is 256 Å². The Balaban J connectivity index is 1.48. The predicted octanol–water partition coefficient (Wildman–Crippen LogP) is 4.27. The molecule has 0 radical (unpaired) electrons. The Morgan fingerprint density at radius 3 is 2.14 bits per heavy atom. The predicted molar refractivity (Wildman–Crippen MR) is 160 cm³/mol. The molecule has 2 amide bonds. The van der Waals surface area contributed by atoms with Crippen LogP contribution in [0.4, 0.5) is 10.1 Å². The monoisotopic (exact) mass is 623 g/mol. The third-order valence-corrected chi connectivity index (χ3v) is 7.06. The number of halogens is 1. The minimum atomic E-state index is -0.448. The number of anilines is 1. The molecule has 0 spiro atoms. The molecule has 0 aliphatic heterocycles. The molecule has 3 aromatic carbocycles. The highest BCUT2D eigenvalue weighted by Crippen LogP contribution is 2.38. The van der Waals surface area contributed by atoms with Crippen molar-refractivity contribution in [3.8, 4) is 22.9 Å². The SMILES string of the molecule is CCOC(=O)c1ccc(NC(=O)CSc2nnc(CNC(=O)c3cc(OC)c(OC)c(OC)c3)n2-c2ccc(F)cc2)cc1. The second-order valence-corrected chi connectivity index (χ2v) is 9.88. The molecule has 0 saturated carbocycles. The standard InChI is InChI=1S/C30H30FN5O7S/c1-5-43-29(39)18-6-10-21(11-7-18)33-26(37)17-44-30-35-34-25(36(30)22-12-8-20(31)9-13-22)16-32-28(38)19-14-23(40-2)27(42-4)24(15-19)41-3/h6-15H,5,16-17H2,1-4H3,(H,32,38)(H,33,37). The van der Waals surface area contributed by atoms with E-state index in [0.29, 0.717) is 45.2 Å². The first-order valence-electron chi connectivity index (χ1n) is 13.3. The van der Waals surface area contributed by atoms with E-state index in [2.05, 4.69) is 20.8 Å². The Hall–Kier alpha value is -5.11. The molecule has 1 aromatic heterocycles. The maximum Gasteiger partial charge on any atom is 0.338 e. The van der Waals surface area contributed by atoms with Gasteiger partial charge in [-0.3, -0.25) is 14.2 Å². The average Bonchev–Trinajstić information content (AvgIpc) is 3.45. The Morgan fingerprint density at radius 2 is 1.55 bits per heavy atom. The number of methoxy groups -OCH3 is 3. The first-order valence-corrected chi connectivity index (χ1v) is 14.2. The van der Waals surface area contributed by atoms with Gasteiger partial charge in [-0.05, 0) is 67.6 Å². The minimum Gasteiger partial charge on any atom is -0.493 e. The number of benzene rings is 3. The number of hydrogen-bond donors (Lipinski definition) is 2. The van der Waals surface area contributed by atoms with E-state index in [1.165, 1.54) is 45.6 Å². The van der Waals surface area contributed by atoms with Gasteiger partial charge in [0.05, 0.1) is 45.8 Å². The van der Waals surface area contributed by atoms with Crippen LogP contribution >= 0.6 is 11.8 Å². The van der Waals surface area contributed by atoms with Gasteiger partial charge in [-0.2, -0.15) is 0 Å². The molecule has 0 aliphatic carbocycles. The van der Waals surface area contributed by atoms with Gasteiger partial charge >= 0.3 is 5.97 Å². The van der Waals surface area contributed by atoms with E-state index in [9.17, 15) is 18.8 Å². The highest BCUT2D eigenvalue weighted by molar-refractivity contribution is 7.99. The summed E-state index contributed by atoms with van der Waals surface area (Å²) in [7, 11) is 4.36. The Morgan fingerprint density at radius 1 is 0.886 bits per heavy atom. The number of hydrogen-bond acceptors (Lipinski definition) is 10. The fourth-order valence-electron chi connectivity index (χ4n) is 4.06. The quantitative estimate of drug-likeness (QED) is 0.164. The molecule has 4 rings (SSSR count). The molecule has 12 nitrogen and oxygen atoms in total. The topological polar surface area (TPSA) is 143 Å². The number of nitrogens with one attached hydrogen (secondary N) is 2. The zero-order chi connectivity index (χ0) is 31.6. The van der Waals surface area contributed by atoms with Crippen LogP contribution in [0.15, 0.2) is 65.8 Å². The van der Waals surface area contributed by atoms with Gasteiger partial charge in [-0.1, -0.05) is 11.8 Å². The van der Waals surface area contributed by atoms with Crippen LogP contribution < -0.4 is 24.8 Å². The summed E-state index contributed by atoms with van der Waals surface area (Å²) in [6.07, 6.45) is 0. The summed E-state index contributed by atoms with van der Waals surface area (Å²) in [4.78, 5) is 37.6. The number of aromatic nitrogens is 3. The maximum atomic E-state index is 13.7. The van der Waals surface area contributed by atoms with Crippen molar-refractivity contribution in [2.75, 3.05) is 39.0 Å². The number of nitrogens with zero attached hydrogens (tertiary/aromatic N) is 3. The second kappa shape index (κ2) is 14.9. The van der Waals surface area contributed by atoms with Gasteiger partial charge in [0.1, 0.15) is 5.82 Å². The van der Waals surface area contributed by atoms with Gasteiger partial charge in [0, 0.05) is 16.9 Å². The summed E-state index contributed by atoms with van der Waals surface area (Å²) in [5.74, 6) is -0.353. The van der Waals surface area contributed by atoms with Gasteiger partial charge in [-0.25, -0.2) is 9.18 Å². The van der Waals surface area contributed by atoms with E-state index < -0.39 is 17.7 Å². The summed E-state index contributed by atoms with van der Waals surface area (Å²) >= 11 is 1.10. The number of rotatable bonds is 13. The zero-order valence-electron chi connectivity index (χ0n) is 24.4. The summed E-state index contributed by atoms with van der Waals surface area (Å²) in [5, 5.41) is 14.3. The number of esters is 1. The van der Waals surface area contributed by atoms with E-state index in [-0.39, 0.29) is 30.4 Å². The van der Waals surface area contributed by atoms with Gasteiger partial charge in [0.25, 0.3) is 5.91 Å². The van der Waals surface area contributed by atoms with Crippen LogP contribution in [0.5, 0.6) is 17.2 Å². The van der Waals surface area contributed by atoms with Crippen molar-refractivity contribution in [3.05, 3.63) is 83.4 Å². The molecule has 230 valence electrons. The molecule has 14 heteroatoms. The highest BCUT2D eigenvalue weighted by Gasteiger charge is 2.20. The molecule has 2 N–H and O–H groups in total. The largest absolute Gasteiger partial charge is 0.493 e. The van der Waals surface area contributed by atoms with Crippen molar-refractivity contribution >= 4 is 35.2 Å². The smallest absolute Gasteiger partial charge is 0.338 e. The van der Waals surface area contributed by atoms with Crippen molar-refractivity contribution in [1.29, 1.82) is 0 Å². The van der Waals surface area contributed by atoms with E-state index >= 15 is 0 Å². The highest BCUT2D eigenvalue weighted by atomic mass is 32.2. The number of ether oxygens (including phenoxy) is 4. The summed E-state index contributed by atoms with van der Waals surface area (Å²) in [5.41, 5.74) is 1.66. The lowest BCUT2D eigenvalue weighted by atomic mass is 10.1. The first-order chi connectivity index (χ1) is 21.3. The van der Waals surface area contributed by atoms with Crippen LogP contribution in [-0.4, -0.2) is 66.2 Å². The lowest BCUT2D eigenvalue weighted by molar-refractivity contribution is -0.113. The molecule has 0 unspecified atom stereocenters. The number of carbonyl (C=O) groups is 3. The lowest BCUT2D eigenvalue weighted by Crippen LogP contribution is -2.25. The van der Waals surface area contributed by atoms with Gasteiger partial charge < -0.3 is 29.6 Å². The first kappa shape index (κ1) is 31.8. The van der Waals surface area contributed by atoms with Crippen LogP contribution in [0, 0.1) is 5.82 Å². The Kier molecular flexibility index (Phi) is 10.8. The molecule has 4 aromatic rings. The van der Waals surface area contributed by atoms with Crippen molar-refractivity contribution in [2.24, 2.45) is 0 Å². The Bertz CT molecular complexity index is 1600. The van der Waals surface area contributed by atoms with E-state index in [0.717, 1.165) is 11.8 Å². The molecule has 0 atom stereocenters. The van der Waals surface area contributed by atoms with E-state index in [1.807, 2.05) is 0 Å². The van der Waals surface area contributed by atoms with E-state index in [4.69, 9.17) is 18.9 Å². The zero-order valence-corrected chi connectivity index (χ0v) is 25.2. The fourth-order valence-corrected chi connectivity index (χ4v) is 4.83. The third-order valence-electron chi connectivity index (χ3n) is 6.13. The molecular formula is C30H30FN5O7S. The third kappa shape index (κ3) is 7.64. The van der Waals surface area contributed by atoms with Crippen LogP contribution in [0.2, 0.25) is 0 Å². The average molecular weight is 624 g/mol. The summed E-state index contributed by atoms with van der Waals surface area (Å²) < 4.78 is 36.3. The van der Waals surface area contributed by atoms with Crippen molar-refractivity contribution in [1.82, 2.24) is 20.1 Å². The molecule has 0 bridgehead atoms. The molecular weight excluding hydrogens is 593 g/mol. The number of thioether (sulfide) groups is 1. The normalized spacial score (nSPS) is 10.6. The second-order valence-electron chi connectivity index (χ2n) is 8.94. The molecule has 0 fully saturated rings. The summed E-state index contributed by atoms with van der Waals surface area (Å²) in [6.45, 7) is 1.94. The lowest BCUT2D eigenvalue weighted by Gasteiger charge is -2.14. The number of amides is 2. The fraction of sp³-hybridized carbons (Fsp3) is 0.233. The van der Waals surface area contributed by atoms with Gasteiger partial charge in [0.2, 0.25) is 11.7 Å². The molecule has 0 saturated heterocycles. The van der Waals surface area contributed by atoms with Crippen LogP contribution in [-0.2, 0) is 16.1 Å². The molecule has 1 heterocycles. The van der Waals surface area contributed by atoms with Crippen molar-refractivity contribution in [2.45, 2.75) is 18.6 Å². The molecule has 44 heavy (non-hydrogen) atoms. The van der Waals surface area contributed by atoms with Crippen molar-refractivity contribution < 1.29 is 37.7 Å². The van der Waals surface area contributed by atoms with E-state index in [1.54, 1.807) is 47.9 Å². The van der Waals surface area contributed by atoms with Crippen LogP contribution in [0.1, 0.15) is 33.5 Å². The summed E-state index contributed by atoms with van der Waals surface area (Å²) in [6, 6.07) is 15.0. The number of carbonyl (C=O) groups excluding carboxylic acids is 3. The maximum absolute atomic E-state index is 13.7. The van der Waals surface area contributed by atoms with Crippen LogP contribution in [0.25, 0.3) is 5.69 Å². The van der Waals surface area contributed by atoms with Crippen LogP contribution in [0.3, 0.4) is 0 Å². The van der Waals surface area contributed by atoms with Crippen molar-refractivity contribution in [3.63, 3.8) is 0 Å². The van der Waals surface area contributed by atoms with Gasteiger partial charge in [-0.15, -0.1) is 10.2 Å². The molecule has 0 aliphatic rings. The van der Waals surface area contributed by atoms with Gasteiger partial charge in [0.15, 0.2) is 22.5 Å². The minimum absolute atomic E-state index is 0.0310.